The van der Waals surface area contributed by atoms with Crippen LogP contribution in [-0.4, -0.2) is 96.7 Å². The summed E-state index contributed by atoms with van der Waals surface area (Å²) >= 11 is 0. The van der Waals surface area contributed by atoms with Gasteiger partial charge in [0, 0.05) is 25.7 Å². The van der Waals surface area contributed by atoms with Crippen molar-refractivity contribution in [3.05, 3.63) is 134 Å². The number of unbranched alkanes of at least 4 members (excludes halogenated alkanes) is 27. The van der Waals surface area contributed by atoms with Crippen molar-refractivity contribution in [3.63, 3.8) is 0 Å². The van der Waals surface area contributed by atoms with Gasteiger partial charge in [0.1, 0.15) is 19.3 Å². The molecule has 0 saturated carbocycles. The van der Waals surface area contributed by atoms with Crippen molar-refractivity contribution in [3.8, 4) is 0 Å². The van der Waals surface area contributed by atoms with Crippen LogP contribution in [0.15, 0.2) is 134 Å². The minimum atomic E-state index is -5.00. The first-order chi connectivity index (χ1) is 50.7. The van der Waals surface area contributed by atoms with Crippen LogP contribution < -0.4 is 0 Å². The highest BCUT2D eigenvalue weighted by atomic mass is 31.2. The van der Waals surface area contributed by atoms with Crippen molar-refractivity contribution in [2.75, 3.05) is 39.6 Å². The van der Waals surface area contributed by atoms with E-state index in [-0.39, 0.29) is 25.7 Å². The zero-order chi connectivity index (χ0) is 76.0. The van der Waals surface area contributed by atoms with E-state index in [1.807, 2.05) is 18.2 Å². The molecule has 0 aromatic heterocycles. The lowest BCUT2D eigenvalue weighted by molar-refractivity contribution is -0.161. The van der Waals surface area contributed by atoms with Crippen molar-refractivity contribution in [1.82, 2.24) is 0 Å². The van der Waals surface area contributed by atoms with Crippen molar-refractivity contribution < 1.29 is 80.2 Å². The van der Waals surface area contributed by atoms with Crippen molar-refractivity contribution in [2.24, 2.45) is 0 Å². The van der Waals surface area contributed by atoms with Crippen LogP contribution in [0.4, 0.5) is 0 Å². The van der Waals surface area contributed by atoms with Gasteiger partial charge in [0.2, 0.25) is 0 Å². The third-order valence-electron chi connectivity index (χ3n) is 16.6. The van der Waals surface area contributed by atoms with E-state index in [1.54, 1.807) is 0 Å². The molecule has 3 unspecified atom stereocenters. The van der Waals surface area contributed by atoms with Gasteiger partial charge in [-0.2, -0.15) is 0 Å². The Morgan fingerprint density at radius 3 is 0.856 bits per heavy atom. The van der Waals surface area contributed by atoms with Gasteiger partial charge in [-0.25, -0.2) is 9.13 Å². The van der Waals surface area contributed by atoms with Crippen molar-refractivity contribution in [2.45, 2.75) is 341 Å². The topological polar surface area (TPSA) is 237 Å². The maximum atomic E-state index is 13.1. The average molecular weight is 1500 g/mol. The predicted octanol–water partition coefficient (Wildman–Crippen LogP) is 23.7. The maximum absolute atomic E-state index is 13.1. The molecule has 0 fully saturated rings. The molecule has 0 bridgehead atoms. The lowest BCUT2D eigenvalue weighted by atomic mass is 10.1. The molecule has 0 aliphatic rings. The van der Waals surface area contributed by atoms with Gasteiger partial charge in [-0.1, -0.05) is 277 Å². The molecule has 0 aromatic rings. The summed E-state index contributed by atoms with van der Waals surface area (Å²) in [5.41, 5.74) is 0. The second-order valence-corrected chi connectivity index (χ2v) is 29.5. The van der Waals surface area contributed by atoms with Gasteiger partial charge in [0.25, 0.3) is 0 Å². The second-order valence-electron chi connectivity index (χ2n) is 26.6. The highest BCUT2D eigenvalue weighted by Gasteiger charge is 2.30. The molecular weight excluding hydrogens is 1350 g/mol. The Morgan fingerprint density at radius 2 is 0.519 bits per heavy atom. The number of aliphatic hydroxyl groups is 1. The molecule has 0 radical (unpaired) electrons. The van der Waals surface area contributed by atoms with Crippen LogP contribution in [0.1, 0.15) is 323 Å². The number of hydrogen-bond acceptors (Lipinski definition) is 15. The summed E-state index contributed by atoms with van der Waals surface area (Å²) in [5.74, 6) is -2.31. The Morgan fingerprint density at radius 1 is 0.279 bits per heavy atom. The minimum absolute atomic E-state index is 0.0299. The van der Waals surface area contributed by atoms with Crippen molar-refractivity contribution >= 4 is 39.5 Å². The number of hydrogen-bond donors (Lipinski definition) is 3. The number of phosphoric acid groups is 2. The van der Waals surface area contributed by atoms with Gasteiger partial charge in [0.15, 0.2) is 12.2 Å². The largest absolute Gasteiger partial charge is 0.472 e. The molecule has 17 nitrogen and oxygen atoms in total. The Balaban J connectivity index is 5.45. The summed E-state index contributed by atoms with van der Waals surface area (Å²) in [4.78, 5) is 73.0. The average Bonchev–Trinajstić information content (AvgIpc) is 0.918. The van der Waals surface area contributed by atoms with Gasteiger partial charge < -0.3 is 33.8 Å². The molecule has 596 valence electrons. The van der Waals surface area contributed by atoms with Crippen LogP contribution in [0.2, 0.25) is 0 Å². The summed E-state index contributed by atoms with van der Waals surface area (Å²) in [6.45, 7) is 4.59. The number of carbonyl (C=O) groups is 4. The lowest BCUT2D eigenvalue weighted by Gasteiger charge is -2.21. The number of allylic oxidation sites excluding steroid dienone is 22. The zero-order valence-electron chi connectivity index (χ0n) is 65.2. The lowest BCUT2D eigenvalue weighted by Crippen LogP contribution is -2.30. The van der Waals surface area contributed by atoms with Crippen LogP contribution in [0, 0.1) is 0 Å². The van der Waals surface area contributed by atoms with E-state index in [2.05, 4.69) is 143 Å². The molecule has 0 aromatic carbocycles. The zero-order valence-corrected chi connectivity index (χ0v) is 66.9. The maximum Gasteiger partial charge on any atom is 0.472 e. The van der Waals surface area contributed by atoms with Crippen LogP contribution in [0.5, 0.6) is 0 Å². The molecule has 0 heterocycles. The third kappa shape index (κ3) is 75.4. The number of phosphoric ester groups is 2. The Labute approximate surface area is 631 Å². The number of aliphatic hydroxyl groups excluding tert-OH is 1. The first-order valence-corrected chi connectivity index (χ1v) is 43.4. The number of rotatable bonds is 75. The van der Waals surface area contributed by atoms with Gasteiger partial charge in [0.05, 0.1) is 26.4 Å². The molecule has 0 aliphatic heterocycles. The Hall–Kier alpha value is -4.80. The smallest absolute Gasteiger partial charge is 0.462 e. The van der Waals surface area contributed by atoms with Gasteiger partial charge in [-0.15, -0.1) is 0 Å². The van der Waals surface area contributed by atoms with Gasteiger partial charge in [-0.3, -0.25) is 37.3 Å². The van der Waals surface area contributed by atoms with Gasteiger partial charge >= 0.3 is 39.5 Å². The first kappa shape index (κ1) is 99.2. The molecular formula is C85H144O17P2. The Bertz CT molecular complexity index is 2490. The highest BCUT2D eigenvalue weighted by molar-refractivity contribution is 7.47. The molecule has 5 atom stereocenters. The van der Waals surface area contributed by atoms with E-state index < -0.39 is 97.5 Å². The molecule has 3 N–H and O–H groups in total. The molecule has 104 heavy (non-hydrogen) atoms. The summed E-state index contributed by atoms with van der Waals surface area (Å²) in [5, 5.41) is 10.6. The van der Waals surface area contributed by atoms with Crippen molar-refractivity contribution in [1.29, 1.82) is 0 Å². The van der Waals surface area contributed by atoms with E-state index in [4.69, 9.17) is 37.0 Å². The second kappa shape index (κ2) is 76.4. The minimum Gasteiger partial charge on any atom is -0.462 e. The van der Waals surface area contributed by atoms with Crippen LogP contribution in [0.25, 0.3) is 0 Å². The molecule has 19 heteroatoms. The fourth-order valence-electron chi connectivity index (χ4n) is 10.4. The van der Waals surface area contributed by atoms with Gasteiger partial charge in [-0.05, 0) is 154 Å². The molecule has 0 aliphatic carbocycles. The summed E-state index contributed by atoms with van der Waals surface area (Å²) in [6.07, 6.45) is 85.8. The summed E-state index contributed by atoms with van der Waals surface area (Å²) < 4.78 is 68.5. The quantitative estimate of drug-likeness (QED) is 0.0169. The number of esters is 4. The SMILES string of the molecule is CCC=CCC=CCC=CCC=CCC=CCC=CCCC(=O)OC[C@H](COP(=O)(O)OCC(O)COP(=O)(O)OC[C@@H](COC(=O)CCCCCCCC=CCC=CCCCCC)OC(=O)CCCCCCCC=CCCCCCCCC)OC(=O)CCCCCCCC=CCC=CCCCCC. The summed E-state index contributed by atoms with van der Waals surface area (Å²) in [7, 11) is -9.99. The third-order valence-corrected chi connectivity index (χ3v) is 18.5. The Kier molecular flexibility index (Phi) is 72.9. The predicted molar refractivity (Wildman–Crippen MR) is 427 cm³/mol. The first-order valence-electron chi connectivity index (χ1n) is 40.4. The molecule has 0 amide bonds. The highest BCUT2D eigenvalue weighted by Crippen LogP contribution is 2.45. The van der Waals surface area contributed by atoms with Crippen LogP contribution in [-0.2, 0) is 65.4 Å². The van der Waals surface area contributed by atoms with E-state index in [0.29, 0.717) is 32.1 Å². The normalized spacial score (nSPS) is 14.6. The molecule has 0 saturated heterocycles. The van der Waals surface area contributed by atoms with E-state index in [9.17, 15) is 43.2 Å². The summed E-state index contributed by atoms with van der Waals surface area (Å²) in [6, 6.07) is 0. The van der Waals surface area contributed by atoms with E-state index in [0.717, 1.165) is 161 Å². The fourth-order valence-corrected chi connectivity index (χ4v) is 12.0. The van der Waals surface area contributed by atoms with E-state index in [1.165, 1.54) is 77.0 Å². The molecule has 0 rings (SSSR count). The fraction of sp³-hybridized carbons (Fsp3) is 0.694. The van der Waals surface area contributed by atoms with Crippen LogP contribution >= 0.6 is 15.6 Å². The number of ether oxygens (including phenoxy) is 4. The van der Waals surface area contributed by atoms with Crippen LogP contribution in [0.3, 0.4) is 0 Å². The molecule has 0 spiro atoms. The van der Waals surface area contributed by atoms with E-state index >= 15 is 0 Å². The standard InChI is InChI=1S/C85H144O17P2/c1-5-9-13-17-21-25-29-33-37-38-39-40-44-46-50-54-58-62-66-70-83(88)96-76-81(102-85(90)72-68-64-60-56-52-48-43-36-32-28-24-20-16-12-8-4)78-100-104(93,94)98-74-79(86)73-97-103(91,92)99-77-80(101-84(89)71-67-63-59-55-51-47-42-35-31-27-23-19-15-11-7-3)75-95-82(87)69-65-61-57-53-49-45-41-34-30-26-22-18-14-10-6-2/h9,13,21-22,24-26,28,33-37,39-43,46,50,58,62,79-81,86H,5-8,10-12,14-20,23,27,29-32,38,44-45,47-49,51-57,59-61,63-78H2,1-4H3,(H,91,92)(H,93,94)/t79?,80-,81-/m1/s1. The monoisotopic (exact) mass is 1500 g/mol. The number of carbonyl (C=O) groups excluding carboxylic acids is 4.